The summed E-state index contributed by atoms with van der Waals surface area (Å²) in [7, 11) is 0. The summed E-state index contributed by atoms with van der Waals surface area (Å²) in [5.74, 6) is -0.182. The average molecular weight is 465 g/mol. The number of ketones is 2. The van der Waals surface area contributed by atoms with Gasteiger partial charge in [0.1, 0.15) is 28.9 Å². The van der Waals surface area contributed by atoms with Crippen LogP contribution in [0.2, 0.25) is 0 Å². The number of benzene rings is 1. The summed E-state index contributed by atoms with van der Waals surface area (Å²) >= 11 is 0. The van der Waals surface area contributed by atoms with E-state index in [1.807, 2.05) is 40.7 Å². The summed E-state index contributed by atoms with van der Waals surface area (Å²) in [6.07, 6.45) is 4.53. The Morgan fingerprint density at radius 2 is 1.91 bits per heavy atom. The molecule has 1 spiro atoms. The van der Waals surface area contributed by atoms with Gasteiger partial charge in [-0.15, -0.1) is 0 Å². The molecule has 6 aliphatic rings. The molecular formula is C28H32O6. The quantitative estimate of drug-likeness (QED) is 0.633. The third-order valence-corrected chi connectivity index (χ3v) is 9.08. The molecule has 3 aliphatic heterocycles. The Kier molecular flexibility index (Phi) is 3.96. The number of hydrogen-bond donors (Lipinski definition) is 1. The highest BCUT2D eigenvalue weighted by molar-refractivity contribution is 6.18. The lowest BCUT2D eigenvalue weighted by Crippen LogP contribution is -2.72. The number of allylic oxidation sites excluding steroid dienone is 2. The molecular weight excluding hydrogens is 432 g/mol. The first-order chi connectivity index (χ1) is 15.8. The van der Waals surface area contributed by atoms with Gasteiger partial charge in [0.2, 0.25) is 0 Å². The van der Waals surface area contributed by atoms with E-state index >= 15 is 0 Å². The van der Waals surface area contributed by atoms with Gasteiger partial charge < -0.3 is 19.3 Å². The number of ether oxygens (including phenoxy) is 3. The predicted octanol–water partition coefficient (Wildman–Crippen LogP) is 4.81. The minimum atomic E-state index is -1.30. The highest BCUT2D eigenvalue weighted by atomic mass is 16.6. The topological polar surface area (TPSA) is 82.1 Å². The number of carbonyl (C=O) groups excluding carboxylic acids is 2. The Morgan fingerprint density at radius 1 is 1.21 bits per heavy atom. The van der Waals surface area contributed by atoms with Gasteiger partial charge in [0, 0.05) is 40.9 Å². The van der Waals surface area contributed by atoms with Crippen molar-refractivity contribution in [1.82, 2.24) is 0 Å². The summed E-state index contributed by atoms with van der Waals surface area (Å²) in [6, 6.07) is 1.53. The summed E-state index contributed by atoms with van der Waals surface area (Å²) in [6.45, 7) is 14.0. The number of phenols is 1. The van der Waals surface area contributed by atoms with Gasteiger partial charge in [-0.2, -0.15) is 0 Å². The van der Waals surface area contributed by atoms with E-state index in [-0.39, 0.29) is 34.9 Å². The Bertz CT molecular complexity index is 1250. The Morgan fingerprint density at radius 3 is 2.59 bits per heavy atom. The minimum Gasteiger partial charge on any atom is -0.507 e. The van der Waals surface area contributed by atoms with Gasteiger partial charge in [0.25, 0.3) is 0 Å². The maximum absolute atomic E-state index is 14.1. The van der Waals surface area contributed by atoms with Crippen LogP contribution in [0.3, 0.4) is 0 Å². The van der Waals surface area contributed by atoms with Crippen LogP contribution in [0.4, 0.5) is 0 Å². The number of carbonyl (C=O) groups is 2. The van der Waals surface area contributed by atoms with Crippen molar-refractivity contribution in [1.29, 1.82) is 0 Å². The van der Waals surface area contributed by atoms with E-state index in [9.17, 15) is 14.7 Å². The maximum atomic E-state index is 14.1. The standard InChI is InChI=1S/C28H32O6/c1-13(2)8-9-27-24(31)15-10-16-22(30)20-17(29)12-18-21(25(4,5)14(3)32-18)23(20)33-28(16,27)19(11-15)26(6,7)34-27/h8,10,12,14-15,19,29H,9,11H2,1-7H3/t14-,15-,19-,27-,28+/m0/s1. The van der Waals surface area contributed by atoms with Crippen molar-refractivity contribution in [2.24, 2.45) is 11.8 Å². The molecule has 1 saturated heterocycles. The largest absolute Gasteiger partial charge is 0.507 e. The van der Waals surface area contributed by atoms with E-state index in [0.29, 0.717) is 29.9 Å². The number of hydrogen-bond acceptors (Lipinski definition) is 6. The second-order valence-electron chi connectivity index (χ2n) is 12.0. The van der Waals surface area contributed by atoms with Crippen LogP contribution in [0, 0.1) is 11.8 Å². The molecule has 3 heterocycles. The first-order valence-electron chi connectivity index (χ1n) is 12.2. The molecule has 34 heavy (non-hydrogen) atoms. The smallest absolute Gasteiger partial charge is 0.200 e. The van der Waals surface area contributed by atoms with Crippen LogP contribution in [0.5, 0.6) is 17.2 Å². The van der Waals surface area contributed by atoms with E-state index in [2.05, 4.69) is 13.8 Å². The molecule has 180 valence electrons. The zero-order valence-corrected chi connectivity index (χ0v) is 20.9. The van der Waals surface area contributed by atoms with Crippen molar-refractivity contribution in [3.63, 3.8) is 0 Å². The van der Waals surface area contributed by atoms with Crippen molar-refractivity contribution in [3.8, 4) is 17.2 Å². The van der Waals surface area contributed by atoms with Crippen LogP contribution >= 0.6 is 0 Å². The van der Waals surface area contributed by atoms with Gasteiger partial charge >= 0.3 is 0 Å². The summed E-state index contributed by atoms with van der Waals surface area (Å²) in [5, 5.41) is 10.9. The summed E-state index contributed by atoms with van der Waals surface area (Å²) in [5.41, 5.74) is -1.22. The fourth-order valence-corrected chi connectivity index (χ4v) is 7.16. The molecule has 1 aromatic carbocycles. The molecule has 0 amide bonds. The Balaban J connectivity index is 1.68. The van der Waals surface area contributed by atoms with Crippen LogP contribution in [-0.2, 0) is 14.9 Å². The second-order valence-corrected chi connectivity index (χ2v) is 12.0. The van der Waals surface area contributed by atoms with Crippen molar-refractivity contribution in [3.05, 3.63) is 40.5 Å². The molecule has 6 nitrogen and oxygen atoms in total. The fraction of sp³-hybridized carbons (Fsp3) is 0.571. The molecule has 0 aromatic heterocycles. The molecule has 1 saturated carbocycles. The highest BCUT2D eigenvalue weighted by Gasteiger charge is 2.81. The lowest BCUT2D eigenvalue weighted by Gasteiger charge is -2.56. The predicted molar refractivity (Wildman–Crippen MR) is 126 cm³/mol. The van der Waals surface area contributed by atoms with E-state index < -0.39 is 28.1 Å². The molecule has 1 N–H and O–H groups in total. The van der Waals surface area contributed by atoms with Gasteiger partial charge in [0.05, 0.1) is 5.60 Å². The summed E-state index contributed by atoms with van der Waals surface area (Å²) in [4.78, 5) is 28.1. The number of rotatable bonds is 2. The van der Waals surface area contributed by atoms with Crippen LogP contribution < -0.4 is 9.47 Å². The van der Waals surface area contributed by atoms with Gasteiger partial charge in [-0.05, 0) is 41.0 Å². The molecule has 2 fully saturated rings. The van der Waals surface area contributed by atoms with Crippen LogP contribution in [-0.4, -0.2) is 39.6 Å². The Hall–Kier alpha value is -2.60. The molecule has 4 bridgehead atoms. The molecule has 5 atom stereocenters. The van der Waals surface area contributed by atoms with Gasteiger partial charge in [-0.1, -0.05) is 31.6 Å². The maximum Gasteiger partial charge on any atom is 0.200 e. The monoisotopic (exact) mass is 464 g/mol. The van der Waals surface area contributed by atoms with Crippen molar-refractivity contribution >= 4 is 11.6 Å². The number of phenolic OH excluding ortho intramolecular Hbond substituents is 1. The first kappa shape index (κ1) is 21.9. The number of Topliss-reactive ketones (excluding diaryl/α,β-unsaturated/α-hetero) is 2. The molecule has 6 heteroatoms. The van der Waals surface area contributed by atoms with Gasteiger partial charge in [-0.3, -0.25) is 9.59 Å². The first-order valence-corrected chi connectivity index (χ1v) is 12.2. The molecule has 7 rings (SSSR count). The molecule has 1 aromatic rings. The van der Waals surface area contributed by atoms with Gasteiger partial charge in [-0.25, -0.2) is 0 Å². The zero-order valence-electron chi connectivity index (χ0n) is 20.9. The fourth-order valence-electron chi connectivity index (χ4n) is 7.16. The molecule has 0 unspecified atom stereocenters. The van der Waals surface area contributed by atoms with E-state index in [4.69, 9.17) is 14.2 Å². The second kappa shape index (κ2) is 6.14. The normalized spacial score (nSPS) is 37.3. The zero-order chi connectivity index (χ0) is 24.6. The van der Waals surface area contributed by atoms with Crippen LogP contribution in [0.25, 0.3) is 0 Å². The van der Waals surface area contributed by atoms with Crippen LogP contribution in [0.1, 0.15) is 77.2 Å². The van der Waals surface area contributed by atoms with Crippen LogP contribution in [0.15, 0.2) is 29.4 Å². The van der Waals surface area contributed by atoms with Crippen molar-refractivity contribution in [2.45, 2.75) is 89.6 Å². The number of fused-ring (bicyclic) bond motifs is 3. The van der Waals surface area contributed by atoms with Crippen molar-refractivity contribution in [2.75, 3.05) is 0 Å². The van der Waals surface area contributed by atoms with E-state index in [1.165, 1.54) is 6.07 Å². The third-order valence-electron chi connectivity index (χ3n) is 9.08. The SMILES string of the molecule is CC(C)=CC[C@@]12OC(C)(C)[C@@H]3C[C@H](C=C4C(=O)c5c(O)cc6c(c5O[C@]431)C(C)(C)[C@H](C)O6)C2=O. The van der Waals surface area contributed by atoms with E-state index in [0.717, 1.165) is 11.1 Å². The molecule has 3 aliphatic carbocycles. The Labute approximate surface area is 200 Å². The van der Waals surface area contributed by atoms with E-state index in [1.54, 1.807) is 6.08 Å². The third kappa shape index (κ3) is 2.22. The lowest BCUT2D eigenvalue weighted by molar-refractivity contribution is -0.171. The lowest BCUT2D eigenvalue weighted by atomic mass is 9.51. The summed E-state index contributed by atoms with van der Waals surface area (Å²) < 4.78 is 19.8. The van der Waals surface area contributed by atoms with Gasteiger partial charge in [0.15, 0.2) is 22.8 Å². The number of aromatic hydroxyl groups is 1. The minimum absolute atomic E-state index is 0.0208. The highest BCUT2D eigenvalue weighted by Crippen LogP contribution is 2.69. The average Bonchev–Trinajstić information content (AvgIpc) is 3.05. The molecule has 0 radical (unpaired) electrons. The van der Waals surface area contributed by atoms with Crippen molar-refractivity contribution < 1.29 is 28.9 Å².